The highest BCUT2D eigenvalue weighted by molar-refractivity contribution is 9.10. The molecule has 0 aromatic heterocycles. The maximum atomic E-state index is 11.7. The smallest absolute Gasteiger partial charge is 0.326 e. The Morgan fingerprint density at radius 2 is 2.05 bits per heavy atom. The van der Waals surface area contributed by atoms with Gasteiger partial charge < -0.3 is 21.5 Å². The summed E-state index contributed by atoms with van der Waals surface area (Å²) in [6.07, 6.45) is -0.470. The molecule has 0 fully saturated rings. The Morgan fingerprint density at radius 1 is 1.40 bits per heavy atom. The van der Waals surface area contributed by atoms with E-state index in [1.807, 2.05) is 0 Å². The first kappa shape index (κ1) is 16.0. The molecular weight excluding hydrogens is 330 g/mol. The monoisotopic (exact) mass is 343 g/mol. The van der Waals surface area contributed by atoms with Crippen LogP contribution in [0.5, 0.6) is 0 Å². The van der Waals surface area contributed by atoms with Crippen molar-refractivity contribution in [2.45, 2.75) is 19.4 Å². The third-order valence-corrected chi connectivity index (χ3v) is 2.94. The van der Waals surface area contributed by atoms with Crippen LogP contribution in [-0.4, -0.2) is 29.1 Å². The summed E-state index contributed by atoms with van der Waals surface area (Å²) in [6.45, 7) is 1.79. The molecule has 0 bridgehead atoms. The van der Waals surface area contributed by atoms with Crippen LogP contribution in [0.2, 0.25) is 0 Å². The SMILES string of the molecule is Cc1cc(Br)ccc1NC(=O)NC(CC(N)=O)C(=O)O. The summed E-state index contributed by atoms with van der Waals surface area (Å²) in [6, 6.07) is 3.13. The van der Waals surface area contributed by atoms with Crippen LogP contribution in [0.1, 0.15) is 12.0 Å². The van der Waals surface area contributed by atoms with Crippen LogP contribution in [0.3, 0.4) is 0 Å². The first-order valence-electron chi connectivity index (χ1n) is 5.64. The molecule has 0 aliphatic heterocycles. The number of rotatable bonds is 5. The van der Waals surface area contributed by atoms with Crippen molar-refractivity contribution < 1.29 is 19.5 Å². The average molecular weight is 344 g/mol. The van der Waals surface area contributed by atoms with Gasteiger partial charge in [0.05, 0.1) is 6.42 Å². The van der Waals surface area contributed by atoms with Crippen molar-refractivity contribution in [3.05, 3.63) is 28.2 Å². The molecule has 7 nitrogen and oxygen atoms in total. The normalized spacial score (nSPS) is 11.5. The number of anilines is 1. The average Bonchev–Trinajstić information content (AvgIpc) is 2.31. The van der Waals surface area contributed by atoms with Crippen LogP contribution in [0.15, 0.2) is 22.7 Å². The van der Waals surface area contributed by atoms with E-state index < -0.39 is 30.4 Å². The van der Waals surface area contributed by atoms with Gasteiger partial charge in [-0.3, -0.25) is 4.79 Å². The van der Waals surface area contributed by atoms with Crippen molar-refractivity contribution in [1.82, 2.24) is 5.32 Å². The van der Waals surface area contributed by atoms with Crippen molar-refractivity contribution >= 4 is 39.5 Å². The Hall–Kier alpha value is -2.09. The number of urea groups is 1. The van der Waals surface area contributed by atoms with Gasteiger partial charge in [0.1, 0.15) is 6.04 Å². The summed E-state index contributed by atoms with van der Waals surface area (Å²) < 4.78 is 0.859. The fourth-order valence-corrected chi connectivity index (χ4v) is 1.96. The van der Waals surface area contributed by atoms with Gasteiger partial charge in [0, 0.05) is 10.2 Å². The molecule has 3 amide bonds. The molecule has 0 radical (unpaired) electrons. The molecule has 1 aromatic carbocycles. The summed E-state index contributed by atoms with van der Waals surface area (Å²) in [5.74, 6) is -2.14. The topological polar surface area (TPSA) is 122 Å². The molecule has 0 saturated heterocycles. The van der Waals surface area contributed by atoms with Crippen molar-refractivity contribution in [2.75, 3.05) is 5.32 Å². The van der Waals surface area contributed by atoms with Crippen LogP contribution in [0.4, 0.5) is 10.5 Å². The summed E-state index contributed by atoms with van der Waals surface area (Å²) >= 11 is 3.29. The van der Waals surface area contributed by atoms with Gasteiger partial charge in [0.15, 0.2) is 0 Å². The van der Waals surface area contributed by atoms with Gasteiger partial charge in [0.2, 0.25) is 5.91 Å². The van der Waals surface area contributed by atoms with Crippen LogP contribution in [0, 0.1) is 6.92 Å². The molecule has 0 heterocycles. The predicted octanol–water partition coefficient (Wildman–Crippen LogP) is 1.21. The lowest BCUT2D eigenvalue weighted by Crippen LogP contribution is -2.45. The highest BCUT2D eigenvalue weighted by atomic mass is 79.9. The third-order valence-electron chi connectivity index (χ3n) is 2.45. The molecule has 20 heavy (non-hydrogen) atoms. The Bertz CT molecular complexity index is 548. The van der Waals surface area contributed by atoms with E-state index in [2.05, 4.69) is 26.6 Å². The zero-order valence-corrected chi connectivity index (χ0v) is 12.2. The Morgan fingerprint density at radius 3 is 2.55 bits per heavy atom. The van der Waals surface area contributed by atoms with Crippen molar-refractivity contribution in [3.63, 3.8) is 0 Å². The van der Waals surface area contributed by atoms with E-state index in [4.69, 9.17) is 10.8 Å². The first-order chi connectivity index (χ1) is 9.29. The van der Waals surface area contributed by atoms with Gasteiger partial charge in [-0.1, -0.05) is 15.9 Å². The van der Waals surface area contributed by atoms with Crippen molar-refractivity contribution in [2.24, 2.45) is 5.73 Å². The van der Waals surface area contributed by atoms with Crippen LogP contribution in [0.25, 0.3) is 0 Å². The predicted molar refractivity (Wildman–Crippen MR) is 76.3 cm³/mol. The second-order valence-electron chi connectivity index (χ2n) is 4.12. The number of amides is 3. The van der Waals surface area contributed by atoms with E-state index in [1.165, 1.54) is 0 Å². The molecule has 1 aromatic rings. The molecule has 5 N–H and O–H groups in total. The lowest BCUT2D eigenvalue weighted by atomic mass is 10.2. The van der Waals surface area contributed by atoms with E-state index in [1.54, 1.807) is 25.1 Å². The Balaban J connectivity index is 2.70. The second kappa shape index (κ2) is 6.90. The standard InChI is InChI=1S/C12H14BrN3O4/c1-6-4-7(13)2-3-8(6)15-12(20)16-9(11(18)19)5-10(14)17/h2-4,9H,5H2,1H3,(H2,14,17)(H,18,19)(H2,15,16,20). The lowest BCUT2D eigenvalue weighted by Gasteiger charge is -2.14. The highest BCUT2D eigenvalue weighted by Gasteiger charge is 2.22. The zero-order chi connectivity index (χ0) is 15.3. The van der Waals surface area contributed by atoms with E-state index in [0.29, 0.717) is 5.69 Å². The Labute approximate surface area is 123 Å². The van der Waals surface area contributed by atoms with E-state index >= 15 is 0 Å². The summed E-state index contributed by atoms with van der Waals surface area (Å²) in [5, 5.41) is 13.6. The molecule has 1 rings (SSSR count). The molecule has 0 aliphatic carbocycles. The number of hydrogen-bond acceptors (Lipinski definition) is 3. The van der Waals surface area contributed by atoms with Gasteiger partial charge in [-0.25, -0.2) is 9.59 Å². The first-order valence-corrected chi connectivity index (χ1v) is 6.43. The highest BCUT2D eigenvalue weighted by Crippen LogP contribution is 2.19. The molecule has 0 saturated carbocycles. The van der Waals surface area contributed by atoms with Gasteiger partial charge in [-0.15, -0.1) is 0 Å². The lowest BCUT2D eigenvalue weighted by molar-refractivity contribution is -0.140. The largest absolute Gasteiger partial charge is 0.480 e. The molecular formula is C12H14BrN3O4. The number of nitrogens with one attached hydrogen (secondary N) is 2. The molecule has 0 spiro atoms. The van der Waals surface area contributed by atoms with Crippen molar-refractivity contribution in [3.8, 4) is 0 Å². The molecule has 1 unspecified atom stereocenters. The fraction of sp³-hybridized carbons (Fsp3) is 0.250. The number of hydrogen-bond donors (Lipinski definition) is 4. The number of aryl methyl sites for hydroxylation is 1. The third kappa shape index (κ3) is 4.88. The molecule has 0 aliphatic rings. The molecule has 1 atom stereocenters. The summed E-state index contributed by atoms with van der Waals surface area (Å²) in [5.41, 5.74) is 6.26. The van der Waals surface area contributed by atoms with Gasteiger partial charge >= 0.3 is 12.0 Å². The minimum Gasteiger partial charge on any atom is -0.480 e. The maximum Gasteiger partial charge on any atom is 0.326 e. The van der Waals surface area contributed by atoms with Gasteiger partial charge in [-0.2, -0.15) is 0 Å². The quantitative estimate of drug-likeness (QED) is 0.641. The second-order valence-corrected chi connectivity index (χ2v) is 5.03. The van der Waals surface area contributed by atoms with Crippen LogP contribution in [-0.2, 0) is 9.59 Å². The Kier molecular flexibility index (Phi) is 5.51. The number of aliphatic carboxylic acids is 1. The van der Waals surface area contributed by atoms with Crippen molar-refractivity contribution in [1.29, 1.82) is 0 Å². The number of halogens is 1. The van der Waals surface area contributed by atoms with E-state index in [9.17, 15) is 14.4 Å². The van der Waals surface area contributed by atoms with E-state index in [-0.39, 0.29) is 0 Å². The minimum absolute atomic E-state index is 0.470. The number of nitrogens with two attached hydrogens (primary N) is 1. The van der Waals surface area contributed by atoms with Gasteiger partial charge in [-0.05, 0) is 30.7 Å². The molecule has 8 heteroatoms. The zero-order valence-electron chi connectivity index (χ0n) is 10.6. The maximum absolute atomic E-state index is 11.7. The van der Waals surface area contributed by atoms with Crippen LogP contribution < -0.4 is 16.4 Å². The number of carboxylic acids is 1. The number of carboxylic acid groups (broad SMARTS) is 1. The fourth-order valence-electron chi connectivity index (χ4n) is 1.49. The number of carbonyl (C=O) groups excluding carboxylic acids is 2. The van der Waals surface area contributed by atoms with E-state index in [0.717, 1.165) is 10.0 Å². The van der Waals surface area contributed by atoms with Gasteiger partial charge in [0.25, 0.3) is 0 Å². The number of benzene rings is 1. The summed E-state index contributed by atoms with van der Waals surface area (Å²) in [7, 11) is 0. The minimum atomic E-state index is -1.36. The number of primary amides is 1. The molecule has 108 valence electrons. The van der Waals surface area contributed by atoms with Crippen LogP contribution >= 0.6 is 15.9 Å². The summed E-state index contributed by atoms with van der Waals surface area (Å²) in [4.78, 5) is 33.3. The number of carbonyl (C=O) groups is 3.